The SMILES string of the molecule is CCc1cccc(Nc2nc(C)cc(=O)n2CC(=O)Nc2cc(OC)cc(OC)c2)c1. The third kappa shape index (κ3) is 5.63. The zero-order chi connectivity index (χ0) is 22.4. The van der Waals surface area contributed by atoms with Crippen LogP contribution >= 0.6 is 0 Å². The van der Waals surface area contributed by atoms with Gasteiger partial charge in [0.25, 0.3) is 5.56 Å². The third-order valence-electron chi connectivity index (χ3n) is 4.66. The van der Waals surface area contributed by atoms with Crippen molar-refractivity contribution >= 4 is 23.2 Å². The van der Waals surface area contributed by atoms with Crippen molar-refractivity contribution < 1.29 is 14.3 Å². The van der Waals surface area contributed by atoms with Crippen LogP contribution in [-0.4, -0.2) is 29.7 Å². The monoisotopic (exact) mass is 422 g/mol. The number of amides is 1. The summed E-state index contributed by atoms with van der Waals surface area (Å²) >= 11 is 0. The Hall–Kier alpha value is -3.81. The molecule has 3 rings (SSSR count). The van der Waals surface area contributed by atoms with E-state index in [1.807, 2.05) is 24.3 Å². The lowest BCUT2D eigenvalue weighted by atomic mass is 10.1. The molecular formula is C23H26N4O4. The molecule has 8 heteroatoms. The molecule has 0 unspecified atom stereocenters. The maximum atomic E-state index is 12.7. The van der Waals surface area contributed by atoms with Gasteiger partial charge in [0, 0.05) is 41.3 Å². The van der Waals surface area contributed by atoms with Gasteiger partial charge in [0.05, 0.1) is 14.2 Å². The summed E-state index contributed by atoms with van der Waals surface area (Å²) < 4.78 is 11.8. The Morgan fingerprint density at radius 3 is 2.39 bits per heavy atom. The number of aromatic nitrogens is 2. The minimum atomic E-state index is -0.381. The van der Waals surface area contributed by atoms with Crippen LogP contribution < -0.4 is 25.7 Å². The normalized spacial score (nSPS) is 10.5. The predicted octanol–water partition coefficient (Wildman–Crippen LogP) is 3.51. The average molecular weight is 422 g/mol. The summed E-state index contributed by atoms with van der Waals surface area (Å²) in [5, 5.41) is 5.94. The second-order valence-electron chi connectivity index (χ2n) is 6.97. The molecule has 31 heavy (non-hydrogen) atoms. The number of hydrogen-bond acceptors (Lipinski definition) is 6. The minimum Gasteiger partial charge on any atom is -0.497 e. The van der Waals surface area contributed by atoms with E-state index >= 15 is 0 Å². The van der Waals surface area contributed by atoms with Crippen molar-refractivity contribution in [1.29, 1.82) is 0 Å². The Morgan fingerprint density at radius 2 is 1.74 bits per heavy atom. The second kappa shape index (κ2) is 9.80. The maximum absolute atomic E-state index is 12.7. The van der Waals surface area contributed by atoms with E-state index in [1.165, 1.54) is 24.9 Å². The van der Waals surface area contributed by atoms with Crippen LogP contribution in [0, 0.1) is 6.92 Å². The number of carbonyl (C=O) groups is 1. The van der Waals surface area contributed by atoms with Crippen molar-refractivity contribution in [3.05, 3.63) is 70.1 Å². The predicted molar refractivity (Wildman–Crippen MR) is 121 cm³/mol. The van der Waals surface area contributed by atoms with E-state index in [0.717, 1.165) is 17.7 Å². The van der Waals surface area contributed by atoms with Crippen molar-refractivity contribution in [2.45, 2.75) is 26.8 Å². The molecule has 2 N–H and O–H groups in total. The lowest BCUT2D eigenvalue weighted by Crippen LogP contribution is -2.30. The summed E-state index contributed by atoms with van der Waals surface area (Å²) in [5.41, 5.74) is 2.69. The smallest absolute Gasteiger partial charge is 0.255 e. The van der Waals surface area contributed by atoms with Crippen LogP contribution in [0.4, 0.5) is 17.3 Å². The van der Waals surface area contributed by atoms with Crippen LogP contribution in [-0.2, 0) is 17.8 Å². The van der Waals surface area contributed by atoms with Crippen LogP contribution in [0.3, 0.4) is 0 Å². The molecular weight excluding hydrogens is 396 g/mol. The van der Waals surface area contributed by atoms with Crippen LogP contribution in [0.2, 0.25) is 0 Å². The molecule has 0 aliphatic rings. The maximum Gasteiger partial charge on any atom is 0.255 e. The van der Waals surface area contributed by atoms with Crippen LogP contribution in [0.1, 0.15) is 18.2 Å². The number of nitrogens with one attached hydrogen (secondary N) is 2. The van der Waals surface area contributed by atoms with Crippen molar-refractivity contribution in [3.8, 4) is 11.5 Å². The molecule has 1 amide bonds. The highest BCUT2D eigenvalue weighted by atomic mass is 16.5. The summed E-state index contributed by atoms with van der Waals surface area (Å²) in [6, 6.07) is 14.3. The minimum absolute atomic E-state index is 0.207. The van der Waals surface area contributed by atoms with E-state index in [4.69, 9.17) is 9.47 Å². The number of ether oxygens (including phenoxy) is 2. The molecule has 0 bridgehead atoms. The van der Waals surface area contributed by atoms with Crippen LogP contribution in [0.25, 0.3) is 0 Å². The number of carbonyl (C=O) groups excluding carboxylic acids is 1. The molecule has 2 aromatic carbocycles. The molecule has 8 nitrogen and oxygen atoms in total. The Balaban J connectivity index is 1.85. The number of nitrogens with zero attached hydrogens (tertiary/aromatic N) is 2. The van der Waals surface area contributed by atoms with Gasteiger partial charge in [-0.05, 0) is 31.0 Å². The quantitative estimate of drug-likeness (QED) is 0.577. The van der Waals surface area contributed by atoms with Crippen molar-refractivity contribution in [1.82, 2.24) is 9.55 Å². The van der Waals surface area contributed by atoms with Gasteiger partial charge in [-0.3, -0.25) is 14.2 Å². The van der Waals surface area contributed by atoms with E-state index in [9.17, 15) is 9.59 Å². The molecule has 162 valence electrons. The van der Waals surface area contributed by atoms with E-state index in [-0.39, 0.29) is 18.0 Å². The van der Waals surface area contributed by atoms with Gasteiger partial charge in [-0.15, -0.1) is 0 Å². The lowest BCUT2D eigenvalue weighted by Gasteiger charge is -2.15. The van der Waals surface area contributed by atoms with Gasteiger partial charge >= 0.3 is 0 Å². The number of aryl methyl sites for hydroxylation is 2. The first-order valence-electron chi connectivity index (χ1n) is 9.89. The summed E-state index contributed by atoms with van der Waals surface area (Å²) in [4.78, 5) is 29.8. The zero-order valence-corrected chi connectivity index (χ0v) is 18.1. The molecule has 3 aromatic rings. The van der Waals surface area contributed by atoms with Gasteiger partial charge in [-0.25, -0.2) is 4.98 Å². The Labute approximate surface area is 180 Å². The Morgan fingerprint density at radius 1 is 1.03 bits per heavy atom. The molecule has 1 heterocycles. The van der Waals surface area contributed by atoms with E-state index in [2.05, 4.69) is 22.5 Å². The van der Waals surface area contributed by atoms with Gasteiger partial charge in [-0.1, -0.05) is 19.1 Å². The number of rotatable bonds is 8. The van der Waals surface area contributed by atoms with Crippen molar-refractivity contribution in [3.63, 3.8) is 0 Å². The third-order valence-corrected chi connectivity index (χ3v) is 4.66. The number of benzene rings is 2. The molecule has 0 saturated heterocycles. The fourth-order valence-electron chi connectivity index (χ4n) is 3.09. The van der Waals surface area contributed by atoms with E-state index < -0.39 is 0 Å². The first-order valence-corrected chi connectivity index (χ1v) is 9.89. The Bertz CT molecular complexity index is 1120. The Kier molecular flexibility index (Phi) is 6.92. The summed E-state index contributed by atoms with van der Waals surface area (Å²) in [6.07, 6.45) is 0.885. The molecule has 0 fully saturated rings. The molecule has 0 aliphatic heterocycles. The zero-order valence-electron chi connectivity index (χ0n) is 18.1. The topological polar surface area (TPSA) is 94.5 Å². The second-order valence-corrected chi connectivity index (χ2v) is 6.97. The summed E-state index contributed by atoms with van der Waals surface area (Å²) in [5.74, 6) is 1.01. The molecule has 1 aromatic heterocycles. The van der Waals surface area contributed by atoms with E-state index in [0.29, 0.717) is 28.8 Å². The fraction of sp³-hybridized carbons (Fsp3) is 0.261. The molecule has 0 radical (unpaired) electrons. The first kappa shape index (κ1) is 21.9. The highest BCUT2D eigenvalue weighted by Crippen LogP contribution is 2.25. The molecule has 0 aliphatic carbocycles. The number of anilines is 3. The van der Waals surface area contributed by atoms with Gasteiger partial charge in [-0.2, -0.15) is 0 Å². The first-order chi connectivity index (χ1) is 14.9. The standard InChI is InChI=1S/C23H26N4O4/c1-5-16-7-6-8-17(10-16)26-23-24-15(2)9-22(29)27(23)14-21(28)25-18-11-19(30-3)13-20(12-18)31-4/h6-13H,5,14H2,1-4H3,(H,24,26)(H,25,28). The molecule has 0 atom stereocenters. The van der Waals surface area contributed by atoms with Crippen LogP contribution in [0.5, 0.6) is 11.5 Å². The van der Waals surface area contributed by atoms with Crippen molar-refractivity contribution in [2.75, 3.05) is 24.9 Å². The number of methoxy groups -OCH3 is 2. The highest BCUT2D eigenvalue weighted by Gasteiger charge is 2.13. The van der Waals surface area contributed by atoms with Gasteiger partial charge in [0.1, 0.15) is 18.0 Å². The van der Waals surface area contributed by atoms with Gasteiger partial charge in [0.2, 0.25) is 11.9 Å². The van der Waals surface area contributed by atoms with Gasteiger partial charge in [0.15, 0.2) is 0 Å². The lowest BCUT2D eigenvalue weighted by molar-refractivity contribution is -0.116. The molecule has 0 saturated carbocycles. The van der Waals surface area contributed by atoms with Gasteiger partial charge < -0.3 is 20.1 Å². The van der Waals surface area contributed by atoms with Crippen molar-refractivity contribution in [2.24, 2.45) is 0 Å². The fourth-order valence-corrected chi connectivity index (χ4v) is 3.09. The largest absolute Gasteiger partial charge is 0.497 e. The summed E-state index contributed by atoms with van der Waals surface area (Å²) in [6.45, 7) is 3.60. The molecule has 0 spiro atoms. The van der Waals surface area contributed by atoms with E-state index in [1.54, 1.807) is 25.1 Å². The number of hydrogen-bond donors (Lipinski definition) is 2. The van der Waals surface area contributed by atoms with Crippen LogP contribution in [0.15, 0.2) is 53.3 Å². The highest BCUT2D eigenvalue weighted by molar-refractivity contribution is 5.91. The average Bonchev–Trinajstić information content (AvgIpc) is 2.75. The summed E-state index contributed by atoms with van der Waals surface area (Å²) in [7, 11) is 3.06.